The maximum absolute atomic E-state index is 2.35. The van der Waals surface area contributed by atoms with Crippen molar-refractivity contribution in [1.82, 2.24) is 0 Å². The molecule has 26 heavy (non-hydrogen) atoms. The van der Waals surface area contributed by atoms with E-state index in [4.69, 9.17) is 0 Å². The molecule has 0 spiro atoms. The van der Waals surface area contributed by atoms with E-state index in [-0.39, 0.29) is 5.41 Å². The van der Waals surface area contributed by atoms with Gasteiger partial charge in [0.25, 0.3) is 0 Å². The fourth-order valence-corrected chi connectivity index (χ4v) is 4.00. The molecule has 0 bridgehead atoms. The Balaban J connectivity index is 2.24. The molecular weight excluding hydrogens is 312 g/mol. The first kappa shape index (κ1) is 18.5. The Hall–Kier alpha value is -2.34. The maximum Gasteiger partial charge on any atom is 0.0448 e. The minimum atomic E-state index is -0.114. The standard InChI is InChI=1S/C26H30/c1-5-22-8-7-9-23(19-14-22)26(6-2,24-15-10-20(3)11-16-24)25-17-12-21(4)13-18-25/h7,9-19H,5-6,8H2,1-4H3. The van der Waals surface area contributed by atoms with Gasteiger partial charge in [-0.3, -0.25) is 0 Å². The van der Waals surface area contributed by atoms with E-state index in [2.05, 4.69) is 101 Å². The molecule has 0 atom stereocenters. The molecule has 0 aromatic heterocycles. The van der Waals surface area contributed by atoms with Crippen molar-refractivity contribution >= 4 is 0 Å². The van der Waals surface area contributed by atoms with Gasteiger partial charge < -0.3 is 0 Å². The van der Waals surface area contributed by atoms with Gasteiger partial charge in [-0.25, -0.2) is 0 Å². The lowest BCUT2D eigenvalue weighted by atomic mass is 9.67. The molecule has 0 radical (unpaired) electrons. The Labute approximate surface area is 159 Å². The predicted octanol–water partition coefficient (Wildman–Crippen LogP) is 7.22. The second kappa shape index (κ2) is 7.91. The van der Waals surface area contributed by atoms with Crippen LogP contribution in [0.15, 0.2) is 84.0 Å². The van der Waals surface area contributed by atoms with Crippen LogP contribution in [0.4, 0.5) is 0 Å². The Morgan fingerprint density at radius 3 is 1.77 bits per heavy atom. The Kier molecular flexibility index (Phi) is 5.61. The van der Waals surface area contributed by atoms with Crippen LogP contribution in [0.3, 0.4) is 0 Å². The quantitative estimate of drug-likeness (QED) is 0.538. The van der Waals surface area contributed by atoms with Crippen LogP contribution in [-0.2, 0) is 5.41 Å². The van der Waals surface area contributed by atoms with E-state index in [1.165, 1.54) is 33.4 Å². The lowest BCUT2D eigenvalue weighted by Crippen LogP contribution is -2.29. The summed E-state index contributed by atoms with van der Waals surface area (Å²) in [6.45, 7) is 8.87. The first-order valence-corrected chi connectivity index (χ1v) is 9.81. The molecule has 0 amide bonds. The van der Waals surface area contributed by atoms with Gasteiger partial charge in [-0.2, -0.15) is 0 Å². The molecule has 3 rings (SSSR count). The summed E-state index contributed by atoms with van der Waals surface area (Å²) < 4.78 is 0. The van der Waals surface area contributed by atoms with Gasteiger partial charge in [0.1, 0.15) is 0 Å². The van der Waals surface area contributed by atoms with Crippen molar-refractivity contribution in [3.8, 4) is 0 Å². The van der Waals surface area contributed by atoms with Crippen molar-refractivity contribution in [3.05, 3.63) is 106 Å². The number of hydrogen-bond donors (Lipinski definition) is 0. The highest BCUT2D eigenvalue weighted by molar-refractivity contribution is 5.54. The fraction of sp³-hybridized carbons (Fsp3) is 0.308. The molecule has 0 saturated heterocycles. The smallest absolute Gasteiger partial charge is 0.0448 e. The highest BCUT2D eigenvalue weighted by Crippen LogP contribution is 2.43. The minimum absolute atomic E-state index is 0.114. The third kappa shape index (κ3) is 3.46. The summed E-state index contributed by atoms with van der Waals surface area (Å²) in [7, 11) is 0. The second-order valence-electron chi connectivity index (χ2n) is 7.40. The van der Waals surface area contributed by atoms with Crippen molar-refractivity contribution in [1.29, 1.82) is 0 Å². The number of benzene rings is 2. The van der Waals surface area contributed by atoms with Crippen LogP contribution < -0.4 is 0 Å². The molecule has 2 aromatic carbocycles. The number of rotatable bonds is 5. The second-order valence-corrected chi connectivity index (χ2v) is 7.40. The van der Waals surface area contributed by atoms with Gasteiger partial charge in [0, 0.05) is 5.41 Å². The van der Waals surface area contributed by atoms with Crippen LogP contribution >= 0.6 is 0 Å². The van der Waals surface area contributed by atoms with E-state index >= 15 is 0 Å². The average Bonchev–Trinajstić information content (AvgIpc) is 2.91. The van der Waals surface area contributed by atoms with Crippen molar-refractivity contribution in [3.63, 3.8) is 0 Å². The predicted molar refractivity (Wildman–Crippen MR) is 114 cm³/mol. The van der Waals surface area contributed by atoms with Gasteiger partial charge in [-0.1, -0.05) is 103 Å². The zero-order valence-corrected chi connectivity index (χ0v) is 16.5. The molecule has 0 heterocycles. The average molecular weight is 343 g/mol. The highest BCUT2D eigenvalue weighted by Gasteiger charge is 2.35. The minimum Gasteiger partial charge on any atom is -0.0801 e. The molecule has 2 aromatic rings. The van der Waals surface area contributed by atoms with E-state index in [1.54, 1.807) is 0 Å². The first-order chi connectivity index (χ1) is 12.6. The molecule has 0 saturated carbocycles. The van der Waals surface area contributed by atoms with Crippen LogP contribution in [-0.4, -0.2) is 0 Å². The molecule has 1 aliphatic rings. The highest BCUT2D eigenvalue weighted by atomic mass is 14.4. The van der Waals surface area contributed by atoms with Gasteiger partial charge in [0.05, 0.1) is 0 Å². The molecule has 0 nitrogen and oxygen atoms in total. The van der Waals surface area contributed by atoms with E-state index in [0.717, 1.165) is 19.3 Å². The SMILES string of the molecule is CCC1=CC=C(C(CC)(c2ccc(C)cc2)c2ccc(C)cc2)C=CC1. The van der Waals surface area contributed by atoms with Gasteiger partial charge in [-0.05, 0) is 49.8 Å². The molecule has 0 N–H and O–H groups in total. The van der Waals surface area contributed by atoms with Crippen molar-refractivity contribution in [2.75, 3.05) is 0 Å². The summed E-state index contributed by atoms with van der Waals surface area (Å²) in [5.74, 6) is 0. The van der Waals surface area contributed by atoms with E-state index in [0.29, 0.717) is 0 Å². The van der Waals surface area contributed by atoms with Crippen LogP contribution in [0.2, 0.25) is 0 Å². The van der Waals surface area contributed by atoms with E-state index in [1.807, 2.05) is 0 Å². The first-order valence-electron chi connectivity index (χ1n) is 9.81. The molecule has 134 valence electrons. The van der Waals surface area contributed by atoms with E-state index in [9.17, 15) is 0 Å². The molecule has 1 aliphatic carbocycles. The summed E-state index contributed by atoms with van der Waals surface area (Å²) in [5, 5.41) is 0. The van der Waals surface area contributed by atoms with Gasteiger partial charge in [0.2, 0.25) is 0 Å². The summed E-state index contributed by atoms with van der Waals surface area (Å²) in [4.78, 5) is 0. The van der Waals surface area contributed by atoms with Gasteiger partial charge in [0.15, 0.2) is 0 Å². The van der Waals surface area contributed by atoms with Crippen molar-refractivity contribution in [2.45, 2.75) is 52.4 Å². The van der Waals surface area contributed by atoms with Crippen LogP contribution in [0.5, 0.6) is 0 Å². The zero-order valence-electron chi connectivity index (χ0n) is 16.5. The number of hydrogen-bond acceptors (Lipinski definition) is 0. The van der Waals surface area contributed by atoms with E-state index < -0.39 is 0 Å². The number of allylic oxidation sites excluding steroid dienone is 6. The maximum atomic E-state index is 2.35. The molecule has 0 fully saturated rings. The summed E-state index contributed by atoms with van der Waals surface area (Å²) in [6, 6.07) is 18.2. The largest absolute Gasteiger partial charge is 0.0801 e. The van der Waals surface area contributed by atoms with Gasteiger partial charge in [-0.15, -0.1) is 0 Å². The Morgan fingerprint density at radius 1 is 0.769 bits per heavy atom. The normalized spacial score (nSPS) is 14.6. The summed E-state index contributed by atoms with van der Waals surface area (Å²) in [6.07, 6.45) is 12.6. The molecular formula is C26H30. The Morgan fingerprint density at radius 2 is 1.31 bits per heavy atom. The zero-order chi connectivity index (χ0) is 18.6. The van der Waals surface area contributed by atoms with Crippen LogP contribution in [0.25, 0.3) is 0 Å². The van der Waals surface area contributed by atoms with Crippen LogP contribution in [0, 0.1) is 13.8 Å². The van der Waals surface area contributed by atoms with Gasteiger partial charge >= 0.3 is 0 Å². The summed E-state index contributed by atoms with van der Waals surface area (Å²) in [5.41, 5.74) is 8.13. The molecule has 0 aliphatic heterocycles. The number of aryl methyl sites for hydroxylation is 2. The monoisotopic (exact) mass is 342 g/mol. The lowest BCUT2D eigenvalue weighted by molar-refractivity contribution is 0.592. The molecule has 0 unspecified atom stereocenters. The Bertz CT molecular complexity index is 781. The third-order valence-corrected chi connectivity index (χ3v) is 5.74. The summed E-state index contributed by atoms with van der Waals surface area (Å²) >= 11 is 0. The molecule has 0 heteroatoms. The fourth-order valence-electron chi connectivity index (χ4n) is 4.00. The van der Waals surface area contributed by atoms with Crippen molar-refractivity contribution < 1.29 is 0 Å². The van der Waals surface area contributed by atoms with Crippen LogP contribution in [0.1, 0.15) is 55.4 Å². The topological polar surface area (TPSA) is 0 Å². The lowest BCUT2D eigenvalue weighted by Gasteiger charge is -2.36. The van der Waals surface area contributed by atoms with Crippen molar-refractivity contribution in [2.24, 2.45) is 0 Å². The third-order valence-electron chi connectivity index (χ3n) is 5.74.